The summed E-state index contributed by atoms with van der Waals surface area (Å²) in [4.78, 5) is 11.1. The zero-order valence-corrected chi connectivity index (χ0v) is 20.1. The second kappa shape index (κ2) is 10.6. The fourth-order valence-corrected chi connectivity index (χ4v) is 3.90. The van der Waals surface area contributed by atoms with Gasteiger partial charge in [-0.3, -0.25) is 4.79 Å². The lowest BCUT2D eigenvalue weighted by atomic mass is 9.81. The summed E-state index contributed by atoms with van der Waals surface area (Å²) in [5.41, 5.74) is 3.88. The molecule has 0 aliphatic carbocycles. The molecule has 0 aliphatic heterocycles. The van der Waals surface area contributed by atoms with E-state index in [1.807, 2.05) is 36.4 Å². The van der Waals surface area contributed by atoms with Gasteiger partial charge in [-0.05, 0) is 58.0 Å². The maximum absolute atomic E-state index is 14.7. The molecule has 3 aromatic rings. The van der Waals surface area contributed by atoms with Gasteiger partial charge >= 0.3 is 5.97 Å². The zero-order valence-electron chi connectivity index (χ0n) is 20.1. The summed E-state index contributed by atoms with van der Waals surface area (Å²) in [6.45, 7) is 10.4. The molecule has 3 aromatic carbocycles. The molecule has 1 atom stereocenters. The van der Waals surface area contributed by atoms with Gasteiger partial charge < -0.3 is 14.6 Å². The van der Waals surface area contributed by atoms with Gasteiger partial charge in [0.2, 0.25) is 0 Å². The van der Waals surface area contributed by atoms with Gasteiger partial charge in [-0.25, -0.2) is 4.39 Å². The van der Waals surface area contributed by atoms with Crippen molar-refractivity contribution in [2.75, 3.05) is 7.11 Å². The van der Waals surface area contributed by atoms with Gasteiger partial charge in [-0.2, -0.15) is 0 Å². The lowest BCUT2D eigenvalue weighted by molar-refractivity contribution is -0.137. The lowest BCUT2D eigenvalue weighted by Gasteiger charge is -2.24. The number of carbonyl (C=O) groups is 1. The van der Waals surface area contributed by atoms with E-state index in [9.17, 15) is 9.18 Å². The van der Waals surface area contributed by atoms with Crippen molar-refractivity contribution in [1.29, 1.82) is 0 Å². The van der Waals surface area contributed by atoms with Crippen LogP contribution in [0.1, 0.15) is 49.8 Å². The summed E-state index contributed by atoms with van der Waals surface area (Å²) in [6, 6.07) is 18.1. The molecule has 34 heavy (non-hydrogen) atoms. The molecule has 0 radical (unpaired) electrons. The van der Waals surface area contributed by atoms with Gasteiger partial charge in [0.05, 0.1) is 13.5 Å². The third-order valence-corrected chi connectivity index (χ3v) is 5.73. The number of methoxy groups -OCH3 is 1. The minimum Gasteiger partial charge on any atom is -0.497 e. The topological polar surface area (TPSA) is 55.8 Å². The van der Waals surface area contributed by atoms with E-state index in [2.05, 4.69) is 33.4 Å². The van der Waals surface area contributed by atoms with Gasteiger partial charge in [0.25, 0.3) is 0 Å². The van der Waals surface area contributed by atoms with Crippen LogP contribution in [0.5, 0.6) is 11.5 Å². The van der Waals surface area contributed by atoms with Crippen molar-refractivity contribution in [3.63, 3.8) is 0 Å². The van der Waals surface area contributed by atoms with Crippen LogP contribution in [-0.4, -0.2) is 18.2 Å². The van der Waals surface area contributed by atoms with Crippen LogP contribution in [0.2, 0.25) is 0 Å². The number of hydrogen-bond donors (Lipinski definition) is 1. The Morgan fingerprint density at radius 2 is 1.82 bits per heavy atom. The van der Waals surface area contributed by atoms with E-state index in [-0.39, 0.29) is 23.6 Å². The highest BCUT2D eigenvalue weighted by Gasteiger charge is 2.22. The summed E-state index contributed by atoms with van der Waals surface area (Å²) < 4.78 is 26.0. The minimum atomic E-state index is -0.876. The summed E-state index contributed by atoms with van der Waals surface area (Å²) in [5.74, 6) is -0.214. The number of allylic oxidation sites excluding steroid dienone is 1. The van der Waals surface area contributed by atoms with Crippen molar-refractivity contribution >= 4 is 5.97 Å². The van der Waals surface area contributed by atoms with Crippen molar-refractivity contribution < 1.29 is 23.8 Å². The Morgan fingerprint density at radius 3 is 2.47 bits per heavy atom. The number of ether oxygens (including phenoxy) is 2. The number of hydrogen-bond acceptors (Lipinski definition) is 3. The quantitative estimate of drug-likeness (QED) is 0.344. The third-order valence-electron chi connectivity index (χ3n) is 5.73. The standard InChI is InChI=1S/C29H31FO4/c1-6-20(16-28(31)32)21-8-7-9-23(15-21)34-18-19-10-12-24(26(14-19)29(2,3)4)25-17-22(33-5)11-13-27(25)30/h6-15,17,20H,1,16,18H2,2-5H3,(H,31,32)/t20-/m0/s1. The van der Waals surface area contributed by atoms with E-state index in [1.165, 1.54) is 6.07 Å². The minimum absolute atomic E-state index is 0.0236. The average molecular weight is 463 g/mol. The van der Waals surface area contributed by atoms with Crippen LogP contribution in [0.15, 0.2) is 73.3 Å². The lowest BCUT2D eigenvalue weighted by Crippen LogP contribution is -2.14. The Balaban J connectivity index is 1.88. The van der Waals surface area contributed by atoms with Crippen molar-refractivity contribution in [3.8, 4) is 22.6 Å². The fraction of sp³-hybridized carbons (Fsp3) is 0.276. The van der Waals surface area contributed by atoms with E-state index in [0.717, 1.165) is 22.3 Å². The summed E-state index contributed by atoms with van der Waals surface area (Å²) in [5, 5.41) is 9.13. The van der Waals surface area contributed by atoms with Crippen LogP contribution in [0.25, 0.3) is 11.1 Å². The third kappa shape index (κ3) is 6.04. The monoisotopic (exact) mass is 462 g/mol. The van der Waals surface area contributed by atoms with Crippen LogP contribution in [0, 0.1) is 5.82 Å². The normalized spacial score (nSPS) is 12.1. The second-order valence-corrected chi connectivity index (χ2v) is 9.28. The largest absolute Gasteiger partial charge is 0.497 e. The molecule has 0 unspecified atom stereocenters. The molecule has 0 spiro atoms. The SMILES string of the molecule is C=C[C@@H](CC(=O)O)c1cccc(OCc2ccc(-c3cc(OC)ccc3F)c(C(C)(C)C)c2)c1. The van der Waals surface area contributed by atoms with Crippen LogP contribution in [-0.2, 0) is 16.8 Å². The van der Waals surface area contributed by atoms with E-state index in [4.69, 9.17) is 14.6 Å². The van der Waals surface area contributed by atoms with Crippen molar-refractivity contribution in [3.05, 3.63) is 95.8 Å². The van der Waals surface area contributed by atoms with Gasteiger partial charge in [0.1, 0.15) is 23.9 Å². The van der Waals surface area contributed by atoms with Crippen LogP contribution < -0.4 is 9.47 Å². The smallest absolute Gasteiger partial charge is 0.304 e. The average Bonchev–Trinajstić information content (AvgIpc) is 2.81. The zero-order chi connectivity index (χ0) is 24.9. The van der Waals surface area contributed by atoms with E-state index in [0.29, 0.717) is 23.7 Å². The Hall–Kier alpha value is -3.60. The summed E-state index contributed by atoms with van der Waals surface area (Å²) in [7, 11) is 1.57. The predicted octanol–water partition coefficient (Wildman–Crippen LogP) is 7.12. The Kier molecular flexibility index (Phi) is 7.77. The van der Waals surface area contributed by atoms with Gasteiger partial charge in [-0.1, -0.05) is 57.2 Å². The molecule has 0 amide bonds. The molecule has 0 bridgehead atoms. The summed E-state index contributed by atoms with van der Waals surface area (Å²) >= 11 is 0. The molecule has 3 rings (SSSR count). The van der Waals surface area contributed by atoms with Gasteiger partial charge in [-0.15, -0.1) is 6.58 Å². The molecular formula is C29H31FO4. The maximum Gasteiger partial charge on any atom is 0.304 e. The molecule has 0 aromatic heterocycles. The molecule has 4 nitrogen and oxygen atoms in total. The number of aliphatic carboxylic acids is 1. The van der Waals surface area contributed by atoms with E-state index < -0.39 is 5.97 Å². The second-order valence-electron chi connectivity index (χ2n) is 9.28. The van der Waals surface area contributed by atoms with Gasteiger partial charge in [0, 0.05) is 11.5 Å². The highest BCUT2D eigenvalue weighted by Crippen LogP contribution is 2.37. The Morgan fingerprint density at radius 1 is 1.06 bits per heavy atom. The number of benzene rings is 3. The molecule has 178 valence electrons. The van der Waals surface area contributed by atoms with Crippen LogP contribution in [0.3, 0.4) is 0 Å². The Bertz CT molecular complexity index is 1180. The molecular weight excluding hydrogens is 431 g/mol. The molecule has 0 saturated carbocycles. The number of carboxylic acids is 1. The maximum atomic E-state index is 14.7. The molecule has 1 N–H and O–H groups in total. The highest BCUT2D eigenvalue weighted by atomic mass is 19.1. The molecule has 0 heterocycles. The first-order valence-corrected chi connectivity index (χ1v) is 11.2. The Labute approximate surface area is 200 Å². The van der Waals surface area contributed by atoms with E-state index in [1.54, 1.807) is 25.3 Å². The first kappa shape index (κ1) is 25.0. The van der Waals surface area contributed by atoms with Crippen molar-refractivity contribution in [1.82, 2.24) is 0 Å². The van der Waals surface area contributed by atoms with E-state index >= 15 is 0 Å². The van der Waals surface area contributed by atoms with Crippen LogP contribution in [0.4, 0.5) is 4.39 Å². The highest BCUT2D eigenvalue weighted by molar-refractivity contribution is 5.71. The summed E-state index contributed by atoms with van der Waals surface area (Å²) in [6.07, 6.45) is 1.61. The first-order chi connectivity index (χ1) is 16.1. The molecule has 5 heteroatoms. The predicted molar refractivity (Wildman–Crippen MR) is 133 cm³/mol. The number of carboxylic acid groups (broad SMARTS) is 1. The first-order valence-electron chi connectivity index (χ1n) is 11.2. The number of halogens is 1. The van der Waals surface area contributed by atoms with Gasteiger partial charge in [0.15, 0.2) is 0 Å². The van der Waals surface area contributed by atoms with Crippen LogP contribution >= 0.6 is 0 Å². The number of rotatable bonds is 9. The molecule has 0 aliphatic rings. The van der Waals surface area contributed by atoms with Crippen molar-refractivity contribution in [2.24, 2.45) is 0 Å². The molecule has 0 saturated heterocycles. The van der Waals surface area contributed by atoms with Crippen molar-refractivity contribution in [2.45, 2.75) is 45.1 Å². The fourth-order valence-electron chi connectivity index (χ4n) is 3.90. The molecule has 0 fully saturated rings.